The summed E-state index contributed by atoms with van der Waals surface area (Å²) < 4.78 is 10.8. The van der Waals surface area contributed by atoms with Crippen LogP contribution in [0, 0.1) is 6.92 Å². The molecule has 0 bridgehead atoms. The van der Waals surface area contributed by atoms with Crippen LogP contribution in [-0.4, -0.2) is 25.7 Å². The molecule has 0 unspecified atom stereocenters. The van der Waals surface area contributed by atoms with Gasteiger partial charge in [-0.3, -0.25) is 4.79 Å². The van der Waals surface area contributed by atoms with Gasteiger partial charge in [0.15, 0.2) is 0 Å². The van der Waals surface area contributed by atoms with Gasteiger partial charge in [0.2, 0.25) is 5.91 Å². The molecule has 2 rings (SSSR count). The Labute approximate surface area is 137 Å². The third-order valence-electron chi connectivity index (χ3n) is 3.45. The van der Waals surface area contributed by atoms with Crippen LogP contribution in [-0.2, 0) is 11.2 Å². The van der Waals surface area contributed by atoms with E-state index in [9.17, 15) is 4.79 Å². The van der Waals surface area contributed by atoms with Crippen molar-refractivity contribution in [2.24, 2.45) is 0 Å². The fourth-order valence-electron chi connectivity index (χ4n) is 2.15. The lowest BCUT2D eigenvalue weighted by molar-refractivity contribution is -0.121. The summed E-state index contributed by atoms with van der Waals surface area (Å²) >= 11 is 0. The van der Waals surface area contributed by atoms with Gasteiger partial charge in [-0.05, 0) is 43.7 Å². The fourth-order valence-corrected chi connectivity index (χ4v) is 2.15. The van der Waals surface area contributed by atoms with Gasteiger partial charge >= 0.3 is 0 Å². The Morgan fingerprint density at radius 3 is 2.26 bits per heavy atom. The quantitative estimate of drug-likeness (QED) is 0.854. The Kier molecular flexibility index (Phi) is 6.03. The number of hydrogen-bond donors (Lipinski definition) is 1. The predicted molar refractivity (Wildman–Crippen MR) is 91.0 cm³/mol. The minimum atomic E-state index is -0.0601. The van der Waals surface area contributed by atoms with Crippen LogP contribution in [0.2, 0.25) is 0 Å². The van der Waals surface area contributed by atoms with Crippen LogP contribution in [0.1, 0.15) is 18.1 Å². The van der Waals surface area contributed by atoms with Gasteiger partial charge in [0, 0.05) is 0 Å². The second kappa shape index (κ2) is 8.22. The highest BCUT2D eigenvalue weighted by molar-refractivity contribution is 5.78. The van der Waals surface area contributed by atoms with E-state index >= 15 is 0 Å². The van der Waals surface area contributed by atoms with Crippen molar-refractivity contribution >= 4 is 5.91 Å². The van der Waals surface area contributed by atoms with E-state index in [2.05, 4.69) is 5.32 Å². The van der Waals surface area contributed by atoms with Gasteiger partial charge in [0.1, 0.15) is 18.1 Å². The summed E-state index contributed by atoms with van der Waals surface area (Å²) in [4.78, 5) is 12.0. The molecule has 4 nitrogen and oxygen atoms in total. The molecular formula is C19H23NO3. The van der Waals surface area contributed by atoms with Crippen LogP contribution in [0.4, 0.5) is 0 Å². The molecule has 0 aliphatic rings. The second-order valence-corrected chi connectivity index (χ2v) is 5.62. The van der Waals surface area contributed by atoms with Crippen molar-refractivity contribution in [1.82, 2.24) is 5.32 Å². The molecular weight excluding hydrogens is 290 g/mol. The Bertz CT molecular complexity index is 620. The average Bonchev–Trinajstić information content (AvgIpc) is 2.55. The van der Waals surface area contributed by atoms with E-state index in [0.29, 0.717) is 13.0 Å². The summed E-state index contributed by atoms with van der Waals surface area (Å²) in [6, 6.07) is 15.3. The van der Waals surface area contributed by atoms with Crippen LogP contribution in [0.5, 0.6) is 11.5 Å². The molecule has 0 aliphatic carbocycles. The summed E-state index contributed by atoms with van der Waals surface area (Å²) in [7, 11) is 1.63. The highest BCUT2D eigenvalue weighted by Crippen LogP contribution is 2.17. The summed E-state index contributed by atoms with van der Waals surface area (Å²) in [5, 5.41) is 2.95. The summed E-state index contributed by atoms with van der Waals surface area (Å²) in [6.45, 7) is 4.38. The highest BCUT2D eigenvalue weighted by Gasteiger charge is 2.09. The van der Waals surface area contributed by atoms with Crippen LogP contribution >= 0.6 is 0 Å². The maximum Gasteiger partial charge on any atom is 0.224 e. The van der Waals surface area contributed by atoms with Gasteiger partial charge in [-0.2, -0.15) is 0 Å². The highest BCUT2D eigenvalue weighted by atomic mass is 16.5. The number of ether oxygens (including phenoxy) is 2. The Morgan fingerprint density at radius 2 is 1.65 bits per heavy atom. The standard InChI is InChI=1S/C19H23NO3/c1-14-4-6-16(7-5-14)12-19(21)20-15(2)13-23-18-10-8-17(22-3)9-11-18/h4-11,15H,12-13H2,1-3H3,(H,20,21)/t15-/m1/s1. The number of hydrogen-bond acceptors (Lipinski definition) is 3. The Morgan fingerprint density at radius 1 is 1.04 bits per heavy atom. The summed E-state index contributed by atoms with van der Waals surface area (Å²) in [6.07, 6.45) is 0.382. The van der Waals surface area contributed by atoms with Crippen LogP contribution in [0.25, 0.3) is 0 Å². The van der Waals surface area contributed by atoms with E-state index < -0.39 is 0 Å². The fraction of sp³-hybridized carbons (Fsp3) is 0.316. The van der Waals surface area contributed by atoms with Crippen molar-refractivity contribution in [3.63, 3.8) is 0 Å². The molecule has 1 N–H and O–H groups in total. The van der Waals surface area contributed by atoms with Crippen LogP contribution < -0.4 is 14.8 Å². The molecule has 0 aliphatic heterocycles. The first kappa shape index (κ1) is 16.9. The van der Waals surface area contributed by atoms with Crippen LogP contribution in [0.3, 0.4) is 0 Å². The lowest BCUT2D eigenvalue weighted by Gasteiger charge is -2.15. The molecule has 2 aromatic rings. The van der Waals surface area contributed by atoms with Crippen LogP contribution in [0.15, 0.2) is 48.5 Å². The number of carbonyl (C=O) groups excluding carboxylic acids is 1. The van der Waals surface area contributed by atoms with Crippen molar-refractivity contribution in [3.05, 3.63) is 59.7 Å². The smallest absolute Gasteiger partial charge is 0.224 e. The molecule has 0 spiro atoms. The zero-order chi connectivity index (χ0) is 16.7. The third kappa shape index (κ3) is 5.66. The maximum absolute atomic E-state index is 12.0. The zero-order valence-electron chi connectivity index (χ0n) is 13.8. The minimum absolute atomic E-state index is 0.000293. The first-order valence-electron chi connectivity index (χ1n) is 7.68. The monoisotopic (exact) mass is 313 g/mol. The molecule has 0 saturated carbocycles. The number of nitrogens with one attached hydrogen (secondary N) is 1. The van der Waals surface area contributed by atoms with Gasteiger partial charge in [-0.15, -0.1) is 0 Å². The molecule has 0 heterocycles. The average molecular weight is 313 g/mol. The first-order chi connectivity index (χ1) is 11.1. The number of benzene rings is 2. The summed E-state index contributed by atoms with van der Waals surface area (Å²) in [5.74, 6) is 1.54. The van der Waals surface area contributed by atoms with Crippen molar-refractivity contribution in [3.8, 4) is 11.5 Å². The molecule has 2 aromatic carbocycles. The number of rotatable bonds is 7. The predicted octanol–water partition coefficient (Wildman–Crippen LogP) is 3.13. The first-order valence-corrected chi connectivity index (χ1v) is 7.68. The number of aryl methyl sites for hydroxylation is 1. The maximum atomic E-state index is 12.0. The van der Waals surface area contributed by atoms with Crippen molar-refractivity contribution in [2.45, 2.75) is 26.3 Å². The molecule has 0 radical (unpaired) electrons. The molecule has 0 saturated heterocycles. The lowest BCUT2D eigenvalue weighted by atomic mass is 10.1. The van der Waals surface area contributed by atoms with Gasteiger partial charge in [0.25, 0.3) is 0 Å². The molecule has 0 aromatic heterocycles. The van der Waals surface area contributed by atoms with E-state index in [1.165, 1.54) is 5.56 Å². The van der Waals surface area contributed by atoms with Gasteiger partial charge < -0.3 is 14.8 Å². The van der Waals surface area contributed by atoms with E-state index in [4.69, 9.17) is 9.47 Å². The minimum Gasteiger partial charge on any atom is -0.497 e. The zero-order valence-corrected chi connectivity index (χ0v) is 13.8. The van der Waals surface area contributed by atoms with E-state index in [-0.39, 0.29) is 11.9 Å². The van der Waals surface area contributed by atoms with Crippen molar-refractivity contribution in [1.29, 1.82) is 0 Å². The van der Waals surface area contributed by atoms with Gasteiger partial charge in [-0.25, -0.2) is 0 Å². The number of methoxy groups -OCH3 is 1. The topological polar surface area (TPSA) is 47.6 Å². The molecule has 1 amide bonds. The van der Waals surface area contributed by atoms with E-state index in [0.717, 1.165) is 17.1 Å². The van der Waals surface area contributed by atoms with E-state index in [1.807, 2.05) is 62.4 Å². The number of carbonyl (C=O) groups is 1. The van der Waals surface area contributed by atoms with Gasteiger partial charge in [0.05, 0.1) is 19.6 Å². The normalized spacial score (nSPS) is 11.6. The molecule has 23 heavy (non-hydrogen) atoms. The summed E-state index contributed by atoms with van der Waals surface area (Å²) in [5.41, 5.74) is 2.20. The van der Waals surface area contributed by atoms with Crippen molar-refractivity contribution in [2.75, 3.05) is 13.7 Å². The largest absolute Gasteiger partial charge is 0.497 e. The SMILES string of the molecule is COc1ccc(OC[C@@H](C)NC(=O)Cc2ccc(C)cc2)cc1. The molecule has 122 valence electrons. The van der Waals surface area contributed by atoms with Gasteiger partial charge in [-0.1, -0.05) is 29.8 Å². The third-order valence-corrected chi connectivity index (χ3v) is 3.45. The Balaban J connectivity index is 1.75. The molecule has 4 heteroatoms. The van der Waals surface area contributed by atoms with Crippen molar-refractivity contribution < 1.29 is 14.3 Å². The lowest BCUT2D eigenvalue weighted by Crippen LogP contribution is -2.37. The number of amides is 1. The molecule has 0 fully saturated rings. The Hall–Kier alpha value is -2.49. The van der Waals surface area contributed by atoms with E-state index in [1.54, 1.807) is 7.11 Å². The second-order valence-electron chi connectivity index (χ2n) is 5.62. The molecule has 1 atom stereocenters.